The van der Waals surface area contributed by atoms with E-state index < -0.39 is 0 Å². The average Bonchev–Trinajstić information content (AvgIpc) is 2.81. The molecule has 0 spiro atoms. The molecule has 1 aliphatic heterocycles. The molecule has 5 heteroatoms. The van der Waals surface area contributed by atoms with Crippen LogP contribution in [0.5, 0.6) is 0 Å². The average molecular weight is 264 g/mol. The van der Waals surface area contributed by atoms with Crippen molar-refractivity contribution in [3.8, 4) is 0 Å². The maximum absolute atomic E-state index is 11.6. The second kappa shape index (κ2) is 6.44. The minimum absolute atomic E-state index is 0.0106. The Morgan fingerprint density at radius 2 is 2.11 bits per heavy atom. The van der Waals surface area contributed by atoms with Crippen molar-refractivity contribution >= 4 is 22.9 Å². The van der Waals surface area contributed by atoms with Crippen molar-refractivity contribution < 1.29 is 9.59 Å². The van der Waals surface area contributed by atoms with Crippen LogP contribution in [0.25, 0.3) is 0 Å². The smallest absolute Gasteiger partial charge is 0.281 e. The van der Waals surface area contributed by atoms with Crippen molar-refractivity contribution in [3.63, 3.8) is 0 Å². The summed E-state index contributed by atoms with van der Waals surface area (Å²) in [6.45, 7) is 1.82. The van der Waals surface area contributed by atoms with Gasteiger partial charge in [-0.05, 0) is 5.56 Å². The molecule has 0 saturated carbocycles. The molecule has 0 atom stereocenters. The molecule has 4 nitrogen and oxygen atoms in total. The lowest BCUT2D eigenvalue weighted by Gasteiger charge is -2.13. The molecule has 2 amide bonds. The summed E-state index contributed by atoms with van der Waals surface area (Å²) in [6.07, 6.45) is 0.374. The Balaban J connectivity index is 1.68. The van der Waals surface area contributed by atoms with Crippen LogP contribution >= 0.6 is 11.8 Å². The molecule has 96 valence electrons. The van der Waals surface area contributed by atoms with E-state index in [1.807, 2.05) is 30.3 Å². The standard InChI is InChI=1S/C13H16N2O2S/c16-12(6-7-15-8-9-18-13(15)17)14-10-11-4-2-1-3-5-11/h1-5H,6-10H2,(H,14,16). The van der Waals surface area contributed by atoms with E-state index >= 15 is 0 Å². The fourth-order valence-electron chi connectivity index (χ4n) is 1.75. The number of hydrogen-bond donors (Lipinski definition) is 1. The zero-order chi connectivity index (χ0) is 12.8. The summed E-state index contributed by atoms with van der Waals surface area (Å²) in [7, 11) is 0. The maximum Gasteiger partial charge on any atom is 0.281 e. The van der Waals surface area contributed by atoms with Gasteiger partial charge in [-0.15, -0.1) is 0 Å². The van der Waals surface area contributed by atoms with Crippen LogP contribution in [0.3, 0.4) is 0 Å². The lowest BCUT2D eigenvalue weighted by Crippen LogP contribution is -2.30. The summed E-state index contributed by atoms with van der Waals surface area (Å²) in [5.41, 5.74) is 1.08. The largest absolute Gasteiger partial charge is 0.352 e. The van der Waals surface area contributed by atoms with Gasteiger partial charge in [0.05, 0.1) is 0 Å². The Kier molecular flexibility index (Phi) is 4.64. The molecule has 0 bridgehead atoms. The fourth-order valence-corrected chi connectivity index (χ4v) is 2.60. The van der Waals surface area contributed by atoms with Crippen molar-refractivity contribution in [1.29, 1.82) is 0 Å². The van der Waals surface area contributed by atoms with Gasteiger partial charge in [-0.3, -0.25) is 9.59 Å². The summed E-state index contributed by atoms with van der Waals surface area (Å²) in [5, 5.41) is 2.94. The molecule has 0 unspecified atom stereocenters. The van der Waals surface area contributed by atoms with Gasteiger partial charge >= 0.3 is 0 Å². The highest BCUT2D eigenvalue weighted by Gasteiger charge is 2.21. The SMILES string of the molecule is O=C(CCN1CCSC1=O)NCc1ccccc1. The Morgan fingerprint density at radius 3 is 2.78 bits per heavy atom. The van der Waals surface area contributed by atoms with Crippen molar-refractivity contribution in [2.45, 2.75) is 13.0 Å². The number of hydrogen-bond acceptors (Lipinski definition) is 3. The van der Waals surface area contributed by atoms with Gasteiger partial charge in [0.2, 0.25) is 5.91 Å². The summed E-state index contributed by atoms with van der Waals surface area (Å²) >= 11 is 1.32. The topological polar surface area (TPSA) is 49.4 Å². The Morgan fingerprint density at radius 1 is 1.33 bits per heavy atom. The minimum atomic E-state index is -0.0106. The summed E-state index contributed by atoms with van der Waals surface area (Å²) in [5.74, 6) is 0.827. The number of nitrogens with one attached hydrogen (secondary N) is 1. The molecular formula is C13H16N2O2S. The zero-order valence-electron chi connectivity index (χ0n) is 10.1. The number of carbonyl (C=O) groups excluding carboxylic acids is 2. The first-order valence-corrected chi connectivity index (χ1v) is 6.96. The predicted octanol–water partition coefficient (Wildman–Crippen LogP) is 1.86. The molecule has 1 fully saturated rings. The number of benzene rings is 1. The third-order valence-electron chi connectivity index (χ3n) is 2.79. The number of rotatable bonds is 5. The molecule has 1 saturated heterocycles. The van der Waals surface area contributed by atoms with Crippen LogP contribution in [0.15, 0.2) is 30.3 Å². The number of nitrogens with zero attached hydrogens (tertiary/aromatic N) is 1. The van der Waals surface area contributed by atoms with Crippen molar-refractivity contribution in [2.75, 3.05) is 18.8 Å². The summed E-state index contributed by atoms with van der Waals surface area (Å²) < 4.78 is 0. The lowest BCUT2D eigenvalue weighted by molar-refractivity contribution is -0.121. The van der Waals surface area contributed by atoms with Crippen LogP contribution in [-0.4, -0.2) is 34.9 Å². The quantitative estimate of drug-likeness (QED) is 0.883. The first-order valence-electron chi connectivity index (χ1n) is 5.98. The van der Waals surface area contributed by atoms with Crippen molar-refractivity contribution in [1.82, 2.24) is 10.2 Å². The van der Waals surface area contributed by atoms with E-state index in [2.05, 4.69) is 5.32 Å². The Labute approximate surface area is 111 Å². The molecule has 18 heavy (non-hydrogen) atoms. The molecule has 1 N–H and O–H groups in total. The van der Waals surface area contributed by atoms with Gasteiger partial charge in [0.25, 0.3) is 5.24 Å². The molecule has 2 rings (SSSR count). The van der Waals surface area contributed by atoms with E-state index in [1.54, 1.807) is 4.90 Å². The van der Waals surface area contributed by atoms with E-state index in [0.29, 0.717) is 19.5 Å². The molecule has 1 heterocycles. The molecule has 1 aromatic carbocycles. The lowest BCUT2D eigenvalue weighted by atomic mass is 10.2. The van der Waals surface area contributed by atoms with Crippen LogP contribution in [0.4, 0.5) is 4.79 Å². The normalized spacial score (nSPS) is 14.9. The van der Waals surface area contributed by atoms with E-state index in [0.717, 1.165) is 17.9 Å². The van der Waals surface area contributed by atoms with Crippen LogP contribution in [0, 0.1) is 0 Å². The minimum Gasteiger partial charge on any atom is -0.352 e. The van der Waals surface area contributed by atoms with Crippen molar-refractivity contribution in [3.05, 3.63) is 35.9 Å². The molecular weight excluding hydrogens is 248 g/mol. The van der Waals surface area contributed by atoms with Gasteiger partial charge < -0.3 is 10.2 Å². The highest BCUT2D eigenvalue weighted by Crippen LogP contribution is 2.16. The first kappa shape index (κ1) is 13.0. The highest BCUT2D eigenvalue weighted by molar-refractivity contribution is 8.13. The number of amides is 2. The van der Waals surface area contributed by atoms with Crippen molar-refractivity contribution in [2.24, 2.45) is 0 Å². The van der Waals surface area contributed by atoms with Gasteiger partial charge in [-0.1, -0.05) is 42.1 Å². The van der Waals surface area contributed by atoms with Crippen LogP contribution < -0.4 is 5.32 Å². The van der Waals surface area contributed by atoms with Gasteiger partial charge in [-0.25, -0.2) is 0 Å². The highest BCUT2D eigenvalue weighted by atomic mass is 32.2. The Hall–Kier alpha value is -1.49. The molecule has 1 aromatic rings. The second-order valence-corrected chi connectivity index (χ2v) is 5.16. The maximum atomic E-state index is 11.6. The third-order valence-corrected chi connectivity index (χ3v) is 3.68. The molecule has 0 aliphatic carbocycles. The van der Waals surface area contributed by atoms with Crippen LogP contribution in [-0.2, 0) is 11.3 Å². The van der Waals surface area contributed by atoms with E-state index in [-0.39, 0.29) is 11.1 Å². The molecule has 1 aliphatic rings. The zero-order valence-corrected chi connectivity index (χ0v) is 10.9. The number of thioether (sulfide) groups is 1. The van der Waals surface area contributed by atoms with E-state index in [1.165, 1.54) is 11.8 Å². The van der Waals surface area contributed by atoms with Crippen LogP contribution in [0.1, 0.15) is 12.0 Å². The van der Waals surface area contributed by atoms with E-state index in [4.69, 9.17) is 0 Å². The summed E-state index contributed by atoms with van der Waals surface area (Å²) in [4.78, 5) is 24.7. The monoisotopic (exact) mass is 264 g/mol. The third kappa shape index (κ3) is 3.77. The predicted molar refractivity (Wildman–Crippen MR) is 72.3 cm³/mol. The Bertz CT molecular complexity index is 422. The second-order valence-electron chi connectivity index (χ2n) is 4.11. The van der Waals surface area contributed by atoms with Gasteiger partial charge in [-0.2, -0.15) is 0 Å². The number of carbonyl (C=O) groups is 2. The van der Waals surface area contributed by atoms with Crippen LogP contribution in [0.2, 0.25) is 0 Å². The first-order chi connectivity index (χ1) is 8.75. The fraction of sp³-hybridized carbons (Fsp3) is 0.385. The van der Waals surface area contributed by atoms with Gasteiger partial charge in [0.1, 0.15) is 0 Å². The summed E-state index contributed by atoms with van der Waals surface area (Å²) in [6, 6.07) is 9.78. The van der Waals surface area contributed by atoms with Gasteiger partial charge in [0.15, 0.2) is 0 Å². The van der Waals surface area contributed by atoms with E-state index in [9.17, 15) is 9.59 Å². The molecule has 0 aromatic heterocycles. The molecule has 0 radical (unpaired) electrons. The van der Waals surface area contributed by atoms with Gasteiger partial charge in [0, 0.05) is 31.8 Å².